The molecule has 13 heteroatoms. The zero-order valence-corrected chi connectivity index (χ0v) is 21.3. The van der Waals surface area contributed by atoms with Crippen molar-refractivity contribution in [2.45, 2.75) is 70.4 Å². The van der Waals surface area contributed by atoms with E-state index in [2.05, 4.69) is 10.4 Å². The van der Waals surface area contributed by atoms with Gasteiger partial charge >= 0.3 is 12.0 Å². The Morgan fingerprint density at radius 2 is 1.87 bits per heavy atom. The Balaban J connectivity index is 1.36. The number of ether oxygens (including phenoxy) is 1. The number of fused-ring (bicyclic) bond motifs is 1. The van der Waals surface area contributed by atoms with E-state index in [4.69, 9.17) is 4.74 Å². The second-order valence-electron chi connectivity index (χ2n) is 10.0. The first kappa shape index (κ1) is 26.0. The molecule has 1 N–H and O–H groups in total. The van der Waals surface area contributed by atoms with Crippen molar-refractivity contribution in [3.8, 4) is 0 Å². The third-order valence-corrected chi connectivity index (χ3v) is 7.78. The van der Waals surface area contributed by atoms with Crippen molar-refractivity contribution < 1.29 is 32.3 Å². The fraction of sp³-hybridized carbons (Fsp3) is 0.520. The molecule has 2 aromatic rings. The van der Waals surface area contributed by atoms with E-state index in [1.165, 1.54) is 12.0 Å². The highest BCUT2D eigenvalue weighted by Crippen LogP contribution is 2.37. The average Bonchev–Trinajstić information content (AvgIpc) is 3.58. The van der Waals surface area contributed by atoms with Crippen LogP contribution in [0.1, 0.15) is 38.8 Å². The zero-order valence-electron chi connectivity index (χ0n) is 21.3. The second-order valence-corrected chi connectivity index (χ2v) is 10.0. The molecule has 204 valence electrons. The molecule has 2 fully saturated rings. The normalized spacial score (nSPS) is 25.6. The number of benzene rings is 1. The summed E-state index contributed by atoms with van der Waals surface area (Å²) >= 11 is 0. The number of esters is 1. The Labute approximate surface area is 217 Å². The molecule has 0 aliphatic carbocycles. The van der Waals surface area contributed by atoms with E-state index in [1.54, 1.807) is 22.7 Å². The van der Waals surface area contributed by atoms with Gasteiger partial charge in [0, 0.05) is 30.3 Å². The standard InChI is InChI=1S/C25H29F3N6O4/c1-13-11-33-21(12-32(13)25(37)30-15-7-16(26)23(28)17(27)8-15)20(10-29-33)34-14(2)19(9-22(34)35)31-6-4-5-18(31)24(36)38-3/h7-8,10,13-14,18-19H,4-6,9,11-12H2,1-3H3,(H,30,37)/t13-,14-,18-,19?/m0/s1. The number of nitrogens with one attached hydrogen (secondary N) is 1. The summed E-state index contributed by atoms with van der Waals surface area (Å²) in [5, 5.41) is 6.87. The average molecular weight is 535 g/mol. The van der Waals surface area contributed by atoms with Gasteiger partial charge in [0.2, 0.25) is 5.91 Å². The fourth-order valence-electron chi connectivity index (χ4n) is 5.85. The van der Waals surface area contributed by atoms with Crippen LogP contribution in [0, 0.1) is 17.5 Å². The van der Waals surface area contributed by atoms with Gasteiger partial charge in [-0.3, -0.25) is 19.2 Å². The van der Waals surface area contributed by atoms with Crippen molar-refractivity contribution >= 4 is 29.3 Å². The number of urea groups is 1. The topological polar surface area (TPSA) is 100 Å². The number of hydrogen-bond acceptors (Lipinski definition) is 6. The lowest BCUT2D eigenvalue weighted by Gasteiger charge is -2.36. The maximum Gasteiger partial charge on any atom is 0.323 e. The van der Waals surface area contributed by atoms with Gasteiger partial charge in [-0.2, -0.15) is 5.10 Å². The van der Waals surface area contributed by atoms with Crippen molar-refractivity contribution in [1.82, 2.24) is 19.6 Å². The Morgan fingerprint density at radius 1 is 1.16 bits per heavy atom. The van der Waals surface area contributed by atoms with Crippen LogP contribution in [0.5, 0.6) is 0 Å². The van der Waals surface area contributed by atoms with Gasteiger partial charge in [0.1, 0.15) is 6.04 Å². The van der Waals surface area contributed by atoms with Gasteiger partial charge in [-0.1, -0.05) is 0 Å². The molecule has 1 unspecified atom stereocenters. The lowest BCUT2D eigenvalue weighted by Crippen LogP contribution is -2.49. The molecule has 0 saturated carbocycles. The molecular formula is C25H29F3N6O4. The number of rotatable bonds is 4. The highest BCUT2D eigenvalue weighted by atomic mass is 19.2. The monoisotopic (exact) mass is 534 g/mol. The van der Waals surface area contributed by atoms with Crippen LogP contribution in [0.3, 0.4) is 0 Å². The predicted octanol–water partition coefficient (Wildman–Crippen LogP) is 2.87. The SMILES string of the molecule is COC(=O)[C@@H]1CCCN1C1CC(=O)N(c2cnn3c2CN(C(=O)Nc2cc(F)c(F)c(F)c2)[C@@H](C)C3)[C@H]1C. The number of carbonyl (C=O) groups is 3. The predicted molar refractivity (Wildman–Crippen MR) is 130 cm³/mol. The van der Waals surface area contributed by atoms with Gasteiger partial charge < -0.3 is 19.9 Å². The first-order chi connectivity index (χ1) is 18.1. The van der Waals surface area contributed by atoms with E-state index in [0.29, 0.717) is 43.0 Å². The molecule has 0 spiro atoms. The van der Waals surface area contributed by atoms with Gasteiger partial charge in [0.25, 0.3) is 0 Å². The van der Waals surface area contributed by atoms with Crippen LogP contribution in [0.2, 0.25) is 0 Å². The second kappa shape index (κ2) is 9.93. The number of carbonyl (C=O) groups excluding carboxylic acids is 3. The third kappa shape index (κ3) is 4.38. The van der Waals surface area contributed by atoms with Crippen molar-refractivity contribution in [3.05, 3.63) is 41.5 Å². The molecule has 10 nitrogen and oxygen atoms in total. The van der Waals surface area contributed by atoms with Gasteiger partial charge in [-0.15, -0.1) is 0 Å². The number of hydrogen-bond donors (Lipinski definition) is 1. The molecule has 4 heterocycles. The number of aromatic nitrogens is 2. The Bertz CT molecular complexity index is 1260. The molecule has 5 rings (SSSR count). The van der Waals surface area contributed by atoms with E-state index >= 15 is 0 Å². The van der Waals surface area contributed by atoms with Gasteiger partial charge in [-0.05, 0) is 33.2 Å². The lowest BCUT2D eigenvalue weighted by molar-refractivity contribution is -0.146. The number of likely N-dealkylation sites (tertiary alicyclic amines) is 1. The van der Waals surface area contributed by atoms with Crippen LogP contribution < -0.4 is 10.2 Å². The molecule has 1 aromatic heterocycles. The summed E-state index contributed by atoms with van der Waals surface area (Å²) in [4.78, 5) is 43.8. The van der Waals surface area contributed by atoms with Crippen LogP contribution in [0.4, 0.5) is 29.3 Å². The summed E-state index contributed by atoms with van der Waals surface area (Å²) in [5.74, 6) is -4.84. The largest absolute Gasteiger partial charge is 0.468 e. The van der Waals surface area contributed by atoms with Crippen LogP contribution in [-0.4, -0.2) is 75.3 Å². The van der Waals surface area contributed by atoms with E-state index < -0.39 is 23.5 Å². The van der Waals surface area contributed by atoms with Gasteiger partial charge in [0.05, 0.1) is 49.9 Å². The Morgan fingerprint density at radius 3 is 2.55 bits per heavy atom. The first-order valence-corrected chi connectivity index (χ1v) is 12.5. The summed E-state index contributed by atoms with van der Waals surface area (Å²) in [5.41, 5.74) is 0.999. The van der Waals surface area contributed by atoms with Crippen molar-refractivity contribution in [2.75, 3.05) is 23.9 Å². The van der Waals surface area contributed by atoms with Crippen LogP contribution in [0.25, 0.3) is 0 Å². The smallest absolute Gasteiger partial charge is 0.323 e. The molecule has 0 radical (unpaired) electrons. The number of amides is 3. The molecule has 3 aliphatic rings. The minimum Gasteiger partial charge on any atom is -0.468 e. The minimum atomic E-state index is -1.61. The van der Waals surface area contributed by atoms with Crippen LogP contribution in [-0.2, 0) is 27.4 Å². The number of halogens is 3. The Kier molecular flexibility index (Phi) is 6.80. The minimum absolute atomic E-state index is 0.0875. The number of anilines is 2. The molecular weight excluding hydrogens is 505 g/mol. The molecule has 3 aliphatic heterocycles. The Hall–Kier alpha value is -3.61. The summed E-state index contributed by atoms with van der Waals surface area (Å²) in [6, 6.07) is -0.352. The van der Waals surface area contributed by atoms with E-state index in [9.17, 15) is 27.6 Å². The van der Waals surface area contributed by atoms with Crippen molar-refractivity contribution in [1.29, 1.82) is 0 Å². The number of methoxy groups -OCH3 is 1. The van der Waals surface area contributed by atoms with E-state index in [1.807, 2.05) is 11.8 Å². The summed E-state index contributed by atoms with van der Waals surface area (Å²) < 4.78 is 47.3. The van der Waals surface area contributed by atoms with Gasteiger partial charge in [-0.25, -0.2) is 18.0 Å². The quantitative estimate of drug-likeness (QED) is 0.479. The lowest BCUT2D eigenvalue weighted by atomic mass is 10.1. The molecule has 2 saturated heterocycles. The van der Waals surface area contributed by atoms with E-state index in [-0.39, 0.29) is 54.7 Å². The van der Waals surface area contributed by atoms with Crippen LogP contribution >= 0.6 is 0 Å². The number of nitrogens with zero attached hydrogens (tertiary/aromatic N) is 5. The first-order valence-electron chi connectivity index (χ1n) is 12.5. The highest BCUT2D eigenvalue weighted by molar-refractivity contribution is 5.98. The summed E-state index contributed by atoms with van der Waals surface area (Å²) in [7, 11) is 1.36. The summed E-state index contributed by atoms with van der Waals surface area (Å²) in [6.07, 6.45) is 3.36. The highest BCUT2D eigenvalue weighted by Gasteiger charge is 2.47. The summed E-state index contributed by atoms with van der Waals surface area (Å²) in [6.45, 7) is 4.85. The fourth-order valence-corrected chi connectivity index (χ4v) is 5.85. The van der Waals surface area contributed by atoms with Crippen molar-refractivity contribution in [3.63, 3.8) is 0 Å². The van der Waals surface area contributed by atoms with Crippen LogP contribution in [0.15, 0.2) is 18.3 Å². The molecule has 4 atom stereocenters. The van der Waals surface area contributed by atoms with Crippen molar-refractivity contribution in [2.24, 2.45) is 0 Å². The third-order valence-electron chi connectivity index (χ3n) is 7.78. The molecule has 0 bridgehead atoms. The molecule has 38 heavy (non-hydrogen) atoms. The zero-order chi connectivity index (χ0) is 27.3. The molecule has 1 aromatic carbocycles. The van der Waals surface area contributed by atoms with E-state index in [0.717, 1.165) is 6.42 Å². The molecule has 3 amide bonds. The maximum absolute atomic E-state index is 13.6. The maximum atomic E-state index is 13.6. The van der Waals surface area contributed by atoms with Gasteiger partial charge in [0.15, 0.2) is 17.5 Å².